The van der Waals surface area contributed by atoms with Crippen LogP contribution in [0.5, 0.6) is 5.75 Å². The minimum absolute atomic E-state index is 0.143. The number of benzene rings is 1. The third-order valence-electron chi connectivity index (χ3n) is 11.5. The second-order valence-corrected chi connectivity index (χ2v) is 14.1. The average Bonchev–Trinajstić information content (AvgIpc) is 3.23. The van der Waals surface area contributed by atoms with Crippen LogP contribution in [0.3, 0.4) is 0 Å². The van der Waals surface area contributed by atoms with Gasteiger partial charge in [-0.15, -0.1) is 0 Å². The molecule has 3 nitrogen and oxygen atoms in total. The van der Waals surface area contributed by atoms with Crippen molar-refractivity contribution in [3.63, 3.8) is 0 Å². The van der Waals surface area contributed by atoms with Gasteiger partial charge >= 0.3 is 6.16 Å². The maximum Gasteiger partial charge on any atom is 0.514 e. The Balaban J connectivity index is 1.21. The summed E-state index contributed by atoms with van der Waals surface area (Å²) in [4.78, 5) is 12.4. The summed E-state index contributed by atoms with van der Waals surface area (Å²) in [5, 5.41) is 0. The van der Waals surface area contributed by atoms with Gasteiger partial charge in [0.15, 0.2) is 0 Å². The third kappa shape index (κ3) is 5.30. The van der Waals surface area contributed by atoms with E-state index < -0.39 is 6.16 Å². The average molecular weight is 525 g/mol. The Morgan fingerprint density at radius 3 is 2.50 bits per heavy atom. The van der Waals surface area contributed by atoms with Crippen LogP contribution in [0.1, 0.15) is 105 Å². The van der Waals surface area contributed by atoms with Crippen molar-refractivity contribution in [3.8, 4) is 5.75 Å². The van der Waals surface area contributed by atoms with Crippen molar-refractivity contribution in [2.24, 2.45) is 46.3 Å². The Hall–Kier alpha value is -1.84. The molecule has 0 amide bonds. The van der Waals surface area contributed by atoms with Crippen LogP contribution in [0.25, 0.3) is 0 Å². The zero-order chi connectivity index (χ0) is 27.1. The number of halogens is 1. The molecule has 0 N–H and O–H groups in total. The Morgan fingerprint density at radius 2 is 1.76 bits per heavy atom. The van der Waals surface area contributed by atoms with Gasteiger partial charge in [0.25, 0.3) is 0 Å². The second-order valence-electron chi connectivity index (χ2n) is 14.1. The first kappa shape index (κ1) is 27.7. The summed E-state index contributed by atoms with van der Waals surface area (Å²) in [6, 6.07) is 5.48. The van der Waals surface area contributed by atoms with Gasteiger partial charge in [-0.05, 0) is 116 Å². The standard InChI is InChI=1S/C34H49FO3/c1-22(2)7-6-8-23(3)29-15-16-30-28-14-9-24-21-27(38-32(36)37-26-12-10-25(35)11-13-26)17-19-33(24,4)31(28)18-20-34(29,30)5/h9-13,22-23,27-31H,6-8,14-21H2,1-5H3/t23-,27-,28+,29-,30+,31+,33-,34+/m0/s1. The highest BCUT2D eigenvalue weighted by molar-refractivity contribution is 5.64. The number of hydrogen-bond acceptors (Lipinski definition) is 3. The number of allylic oxidation sites excluding steroid dienone is 1. The second kappa shape index (κ2) is 11.0. The zero-order valence-corrected chi connectivity index (χ0v) is 24.3. The first-order valence-corrected chi connectivity index (χ1v) is 15.4. The molecule has 0 aromatic heterocycles. The van der Waals surface area contributed by atoms with Crippen LogP contribution in [0.4, 0.5) is 9.18 Å². The van der Waals surface area contributed by atoms with Crippen molar-refractivity contribution < 1.29 is 18.7 Å². The largest absolute Gasteiger partial charge is 0.514 e. The van der Waals surface area contributed by atoms with Gasteiger partial charge in [0.1, 0.15) is 17.7 Å². The van der Waals surface area contributed by atoms with Gasteiger partial charge in [0.2, 0.25) is 0 Å². The van der Waals surface area contributed by atoms with Gasteiger partial charge in [-0.2, -0.15) is 0 Å². The highest BCUT2D eigenvalue weighted by atomic mass is 19.1. The van der Waals surface area contributed by atoms with E-state index in [0.29, 0.717) is 11.2 Å². The fourth-order valence-corrected chi connectivity index (χ4v) is 9.51. The van der Waals surface area contributed by atoms with Crippen LogP contribution in [-0.4, -0.2) is 12.3 Å². The van der Waals surface area contributed by atoms with E-state index in [1.807, 2.05) is 0 Å². The van der Waals surface area contributed by atoms with Crippen LogP contribution in [0, 0.1) is 52.2 Å². The molecule has 1 aromatic rings. The van der Waals surface area contributed by atoms with E-state index in [1.165, 1.54) is 81.2 Å². The Labute approximate surface area is 229 Å². The minimum Gasteiger partial charge on any atom is -0.430 e. The summed E-state index contributed by atoms with van der Waals surface area (Å²) < 4.78 is 24.2. The van der Waals surface area contributed by atoms with E-state index >= 15 is 0 Å². The van der Waals surface area contributed by atoms with Crippen LogP contribution >= 0.6 is 0 Å². The van der Waals surface area contributed by atoms with Crippen molar-refractivity contribution in [2.45, 2.75) is 111 Å². The van der Waals surface area contributed by atoms with Crippen LogP contribution < -0.4 is 4.74 Å². The Morgan fingerprint density at radius 1 is 1.00 bits per heavy atom. The number of hydrogen-bond donors (Lipinski definition) is 0. The topological polar surface area (TPSA) is 35.5 Å². The Bertz CT molecular complexity index is 1020. The first-order chi connectivity index (χ1) is 18.1. The number of carbonyl (C=O) groups is 1. The van der Waals surface area contributed by atoms with Crippen LogP contribution in [0.2, 0.25) is 0 Å². The minimum atomic E-state index is -0.688. The van der Waals surface area contributed by atoms with Crippen molar-refractivity contribution in [2.75, 3.05) is 0 Å². The van der Waals surface area contributed by atoms with Crippen LogP contribution in [-0.2, 0) is 4.74 Å². The summed E-state index contributed by atoms with van der Waals surface area (Å²) in [5.74, 6) is 4.91. The fourth-order valence-electron chi connectivity index (χ4n) is 9.51. The van der Waals surface area contributed by atoms with Crippen molar-refractivity contribution in [1.82, 2.24) is 0 Å². The predicted molar refractivity (Wildman–Crippen MR) is 150 cm³/mol. The molecule has 4 heteroatoms. The quantitative estimate of drug-likeness (QED) is 0.202. The SMILES string of the molecule is CC(C)CCC[C@H](C)[C@@H]1CC[C@@H]2[C@H]3CC=C4C[C@@H](OC(=O)Oc5ccc(F)cc5)CC[C@]4(C)[C@@H]3CC[C@@]21C. The maximum absolute atomic E-state index is 13.1. The molecule has 3 saturated carbocycles. The lowest BCUT2D eigenvalue weighted by atomic mass is 9.47. The molecule has 0 saturated heterocycles. The van der Waals surface area contributed by atoms with E-state index in [2.05, 4.69) is 40.7 Å². The number of fused-ring (bicyclic) bond motifs is 5. The first-order valence-electron chi connectivity index (χ1n) is 15.4. The van der Waals surface area contributed by atoms with Gasteiger partial charge in [0, 0.05) is 6.42 Å². The normalized spacial score (nSPS) is 37.0. The van der Waals surface area contributed by atoms with Gasteiger partial charge < -0.3 is 9.47 Å². The summed E-state index contributed by atoms with van der Waals surface area (Å²) in [5.41, 5.74) is 2.24. The lowest BCUT2D eigenvalue weighted by molar-refractivity contribution is -0.0597. The summed E-state index contributed by atoms with van der Waals surface area (Å²) >= 11 is 0. The molecular weight excluding hydrogens is 475 g/mol. The number of rotatable bonds is 7. The molecule has 38 heavy (non-hydrogen) atoms. The molecule has 0 unspecified atom stereocenters. The van der Waals surface area contributed by atoms with E-state index in [0.717, 1.165) is 54.8 Å². The maximum atomic E-state index is 13.1. The molecule has 4 aliphatic rings. The lowest BCUT2D eigenvalue weighted by Gasteiger charge is -2.58. The molecule has 3 fully saturated rings. The molecular formula is C34H49FO3. The van der Waals surface area contributed by atoms with Gasteiger partial charge in [-0.1, -0.05) is 65.5 Å². The van der Waals surface area contributed by atoms with Crippen molar-refractivity contribution in [1.29, 1.82) is 0 Å². The molecule has 210 valence electrons. The van der Waals surface area contributed by atoms with E-state index in [9.17, 15) is 9.18 Å². The molecule has 0 bridgehead atoms. The monoisotopic (exact) mass is 524 g/mol. The highest BCUT2D eigenvalue weighted by Gasteiger charge is 2.59. The number of carbonyl (C=O) groups excluding carboxylic acids is 1. The molecule has 5 rings (SSSR count). The van der Waals surface area contributed by atoms with Gasteiger partial charge in [-0.25, -0.2) is 9.18 Å². The van der Waals surface area contributed by atoms with E-state index in [4.69, 9.17) is 9.47 Å². The highest BCUT2D eigenvalue weighted by Crippen LogP contribution is 2.67. The molecule has 0 spiro atoms. The van der Waals surface area contributed by atoms with Crippen molar-refractivity contribution in [3.05, 3.63) is 41.7 Å². The van der Waals surface area contributed by atoms with E-state index in [1.54, 1.807) is 0 Å². The van der Waals surface area contributed by atoms with Gasteiger partial charge in [-0.3, -0.25) is 0 Å². The lowest BCUT2D eigenvalue weighted by Crippen LogP contribution is -2.51. The van der Waals surface area contributed by atoms with E-state index in [-0.39, 0.29) is 17.3 Å². The van der Waals surface area contributed by atoms with Crippen LogP contribution in [0.15, 0.2) is 35.9 Å². The number of ether oxygens (including phenoxy) is 2. The molecule has 0 aliphatic heterocycles. The summed E-state index contributed by atoms with van der Waals surface area (Å²) in [6.45, 7) is 12.4. The molecule has 4 aliphatic carbocycles. The molecule has 0 heterocycles. The van der Waals surface area contributed by atoms with Gasteiger partial charge in [0.05, 0.1) is 0 Å². The zero-order valence-electron chi connectivity index (χ0n) is 24.3. The summed E-state index contributed by atoms with van der Waals surface area (Å²) in [7, 11) is 0. The smallest absolute Gasteiger partial charge is 0.430 e. The van der Waals surface area contributed by atoms with Crippen molar-refractivity contribution >= 4 is 6.16 Å². The summed E-state index contributed by atoms with van der Waals surface area (Å²) in [6.07, 6.45) is 15.4. The molecule has 8 atom stereocenters. The molecule has 0 radical (unpaired) electrons. The third-order valence-corrected chi connectivity index (χ3v) is 11.5. The molecule has 1 aromatic carbocycles. The fraction of sp³-hybridized carbons (Fsp3) is 0.735. The predicted octanol–water partition coefficient (Wildman–Crippen LogP) is 9.75. The Kier molecular flexibility index (Phi) is 8.00.